The molecule has 0 aromatic heterocycles. The highest BCUT2D eigenvalue weighted by molar-refractivity contribution is 6.00. The van der Waals surface area contributed by atoms with E-state index in [1.54, 1.807) is 11.9 Å². The maximum atomic E-state index is 11.6. The molecule has 0 aliphatic carbocycles. The van der Waals surface area contributed by atoms with Gasteiger partial charge in [-0.15, -0.1) is 0 Å². The normalized spacial score (nSPS) is 17.2. The Morgan fingerprint density at radius 2 is 2.00 bits per heavy atom. The lowest BCUT2D eigenvalue weighted by atomic mass is 9.84. The van der Waals surface area contributed by atoms with E-state index in [0.717, 1.165) is 16.8 Å². The molecule has 1 aliphatic heterocycles. The summed E-state index contributed by atoms with van der Waals surface area (Å²) in [4.78, 5) is 13.2. The fraction of sp³-hybridized carbons (Fsp3) is 0.500. The van der Waals surface area contributed by atoms with Crippen molar-refractivity contribution in [2.75, 3.05) is 11.9 Å². The number of benzene rings is 1. The topological polar surface area (TPSA) is 40.5 Å². The van der Waals surface area contributed by atoms with Gasteiger partial charge in [0.2, 0.25) is 5.91 Å². The Balaban J connectivity index is 2.37. The van der Waals surface area contributed by atoms with Crippen molar-refractivity contribution in [2.24, 2.45) is 5.41 Å². The molecule has 0 fully saturated rings. The number of fused-ring (bicyclic) bond motifs is 1. The first kappa shape index (κ1) is 12.1. The summed E-state index contributed by atoms with van der Waals surface area (Å²) in [7, 11) is 1.79. The minimum Gasteiger partial charge on any atom is -0.388 e. The number of rotatable bonds is 1. The van der Waals surface area contributed by atoms with Crippen LogP contribution in [0.4, 0.5) is 5.69 Å². The van der Waals surface area contributed by atoms with Crippen molar-refractivity contribution in [3.8, 4) is 0 Å². The Labute approximate surface area is 102 Å². The van der Waals surface area contributed by atoms with Crippen LogP contribution in [0.2, 0.25) is 0 Å². The predicted octanol–water partition coefficient (Wildman–Crippen LogP) is 2.29. The summed E-state index contributed by atoms with van der Waals surface area (Å²) in [5.41, 5.74) is 2.67. The molecule has 2 rings (SSSR count). The Morgan fingerprint density at radius 3 is 2.59 bits per heavy atom. The van der Waals surface area contributed by atoms with Crippen LogP contribution in [-0.4, -0.2) is 18.1 Å². The molecule has 17 heavy (non-hydrogen) atoms. The fourth-order valence-electron chi connectivity index (χ4n) is 2.16. The molecule has 0 saturated carbocycles. The number of carbonyl (C=O) groups excluding carboxylic acids is 1. The smallest absolute Gasteiger partial charge is 0.231 e. The molecule has 1 unspecified atom stereocenters. The van der Waals surface area contributed by atoms with Crippen LogP contribution >= 0.6 is 0 Å². The molecular formula is C14H19NO2. The Morgan fingerprint density at radius 1 is 1.35 bits per heavy atom. The van der Waals surface area contributed by atoms with Crippen molar-refractivity contribution in [3.05, 3.63) is 29.3 Å². The summed E-state index contributed by atoms with van der Waals surface area (Å²) in [5, 5.41) is 10.2. The Hall–Kier alpha value is -1.35. The summed E-state index contributed by atoms with van der Waals surface area (Å²) < 4.78 is 0. The Kier molecular flexibility index (Phi) is 2.74. The van der Waals surface area contributed by atoms with Gasteiger partial charge in [-0.1, -0.05) is 32.9 Å². The number of likely N-dealkylation sites (N-methyl/N-ethyl adjacent to an activating group) is 1. The highest BCUT2D eigenvalue weighted by Crippen LogP contribution is 2.36. The Bertz CT molecular complexity index is 460. The molecular weight excluding hydrogens is 214 g/mol. The van der Waals surface area contributed by atoms with Crippen molar-refractivity contribution in [2.45, 2.75) is 33.3 Å². The van der Waals surface area contributed by atoms with Gasteiger partial charge < -0.3 is 10.0 Å². The van der Waals surface area contributed by atoms with Gasteiger partial charge in [0, 0.05) is 12.7 Å². The van der Waals surface area contributed by atoms with Crippen molar-refractivity contribution >= 4 is 11.6 Å². The van der Waals surface area contributed by atoms with E-state index < -0.39 is 6.10 Å². The highest BCUT2D eigenvalue weighted by atomic mass is 16.3. The van der Waals surface area contributed by atoms with Crippen LogP contribution in [0.1, 0.15) is 38.0 Å². The summed E-state index contributed by atoms with van der Waals surface area (Å²) in [6.45, 7) is 6.01. The van der Waals surface area contributed by atoms with Crippen LogP contribution in [0.25, 0.3) is 0 Å². The van der Waals surface area contributed by atoms with Crippen molar-refractivity contribution in [1.82, 2.24) is 0 Å². The standard InChI is InChI=1S/C14H19NO2/c1-14(2,3)13(17)9-5-6-11-10(7-9)8-12(16)15(11)4/h5-7,13,17H,8H2,1-4H3. The maximum Gasteiger partial charge on any atom is 0.231 e. The van der Waals surface area contributed by atoms with Crippen LogP contribution in [0.15, 0.2) is 18.2 Å². The first-order valence-corrected chi connectivity index (χ1v) is 5.88. The van der Waals surface area contributed by atoms with Crippen LogP contribution in [0.3, 0.4) is 0 Å². The van der Waals surface area contributed by atoms with Crippen molar-refractivity contribution < 1.29 is 9.90 Å². The monoisotopic (exact) mass is 233 g/mol. The quantitative estimate of drug-likeness (QED) is 0.808. The molecule has 1 aromatic rings. The van der Waals surface area contributed by atoms with Gasteiger partial charge in [0.25, 0.3) is 0 Å². The van der Waals surface area contributed by atoms with E-state index in [1.807, 2.05) is 39.0 Å². The van der Waals surface area contributed by atoms with Gasteiger partial charge in [0.05, 0.1) is 12.5 Å². The number of aliphatic hydroxyl groups is 1. The summed E-state index contributed by atoms with van der Waals surface area (Å²) >= 11 is 0. The van der Waals surface area contributed by atoms with E-state index in [-0.39, 0.29) is 11.3 Å². The largest absolute Gasteiger partial charge is 0.388 e. The number of carbonyl (C=O) groups is 1. The summed E-state index contributed by atoms with van der Waals surface area (Å²) in [5.74, 6) is 0.113. The third-order valence-electron chi connectivity index (χ3n) is 3.32. The van der Waals surface area contributed by atoms with E-state index >= 15 is 0 Å². The highest BCUT2D eigenvalue weighted by Gasteiger charge is 2.28. The lowest BCUT2D eigenvalue weighted by Crippen LogP contribution is -2.20. The molecule has 92 valence electrons. The number of hydrogen-bond donors (Lipinski definition) is 1. The molecule has 1 aromatic carbocycles. The second kappa shape index (κ2) is 3.84. The number of amides is 1. The molecule has 0 saturated heterocycles. The minimum absolute atomic E-state index is 0.113. The zero-order valence-electron chi connectivity index (χ0n) is 10.8. The van der Waals surface area contributed by atoms with E-state index in [0.29, 0.717) is 6.42 Å². The van der Waals surface area contributed by atoms with Gasteiger partial charge in [-0.2, -0.15) is 0 Å². The maximum absolute atomic E-state index is 11.6. The van der Waals surface area contributed by atoms with Crippen LogP contribution in [0, 0.1) is 5.41 Å². The lowest BCUT2D eigenvalue weighted by Gasteiger charge is -2.26. The zero-order valence-corrected chi connectivity index (χ0v) is 10.8. The van der Waals surface area contributed by atoms with Gasteiger partial charge in [0.15, 0.2) is 0 Å². The van der Waals surface area contributed by atoms with Gasteiger partial charge in [-0.3, -0.25) is 4.79 Å². The zero-order chi connectivity index (χ0) is 12.8. The number of nitrogens with zero attached hydrogens (tertiary/aromatic N) is 1. The second-order valence-corrected chi connectivity index (χ2v) is 5.79. The van der Waals surface area contributed by atoms with Crippen molar-refractivity contribution in [1.29, 1.82) is 0 Å². The molecule has 0 radical (unpaired) electrons. The van der Waals surface area contributed by atoms with Gasteiger partial charge in [-0.05, 0) is 22.6 Å². The first-order valence-electron chi connectivity index (χ1n) is 5.88. The molecule has 1 N–H and O–H groups in total. The first-order chi connectivity index (χ1) is 7.80. The SMILES string of the molecule is CN1C(=O)Cc2cc(C(O)C(C)(C)C)ccc21. The van der Waals surface area contributed by atoms with Gasteiger partial charge in [-0.25, -0.2) is 0 Å². The van der Waals surface area contributed by atoms with E-state index in [1.165, 1.54) is 0 Å². The summed E-state index contributed by atoms with van der Waals surface area (Å²) in [6.07, 6.45) is -0.0647. The average Bonchev–Trinajstić information content (AvgIpc) is 2.52. The molecule has 1 aliphatic rings. The molecule has 1 atom stereocenters. The van der Waals surface area contributed by atoms with Crippen LogP contribution < -0.4 is 4.90 Å². The molecule has 0 spiro atoms. The summed E-state index contributed by atoms with van der Waals surface area (Å²) in [6, 6.07) is 5.78. The van der Waals surface area contributed by atoms with Gasteiger partial charge in [0.1, 0.15) is 0 Å². The lowest BCUT2D eigenvalue weighted by molar-refractivity contribution is -0.117. The third-order valence-corrected chi connectivity index (χ3v) is 3.32. The molecule has 3 heteroatoms. The average molecular weight is 233 g/mol. The minimum atomic E-state index is -0.506. The van der Waals surface area contributed by atoms with Crippen LogP contribution in [0.5, 0.6) is 0 Å². The fourth-order valence-corrected chi connectivity index (χ4v) is 2.16. The molecule has 1 amide bonds. The third kappa shape index (κ3) is 2.07. The number of aliphatic hydroxyl groups excluding tert-OH is 1. The van der Waals surface area contributed by atoms with E-state index in [2.05, 4.69) is 0 Å². The molecule has 3 nitrogen and oxygen atoms in total. The second-order valence-electron chi connectivity index (χ2n) is 5.79. The van der Waals surface area contributed by atoms with Crippen molar-refractivity contribution in [3.63, 3.8) is 0 Å². The molecule has 1 heterocycles. The number of hydrogen-bond acceptors (Lipinski definition) is 2. The van der Waals surface area contributed by atoms with E-state index in [4.69, 9.17) is 0 Å². The van der Waals surface area contributed by atoms with Crippen LogP contribution in [-0.2, 0) is 11.2 Å². The number of anilines is 1. The predicted molar refractivity (Wildman–Crippen MR) is 68.0 cm³/mol. The van der Waals surface area contributed by atoms with E-state index in [9.17, 15) is 9.90 Å². The van der Waals surface area contributed by atoms with Gasteiger partial charge >= 0.3 is 0 Å². The molecule has 0 bridgehead atoms.